The number of amides is 2. The molecule has 0 aliphatic carbocycles. The van der Waals surface area contributed by atoms with Crippen LogP contribution in [0.2, 0.25) is 0 Å². The Morgan fingerprint density at radius 3 is 2.32 bits per heavy atom. The van der Waals surface area contributed by atoms with Gasteiger partial charge in [0.05, 0.1) is 34.0 Å². The monoisotopic (exact) mass is 352 g/mol. The highest BCUT2D eigenvalue weighted by molar-refractivity contribution is 5.97. The van der Waals surface area contributed by atoms with Crippen LogP contribution in [-0.2, 0) is 9.53 Å². The van der Waals surface area contributed by atoms with E-state index in [4.69, 9.17) is 18.9 Å². The Bertz CT molecular complexity index is 588. The molecule has 0 spiro atoms. The molecule has 138 valence electrons. The Morgan fingerprint density at radius 2 is 1.80 bits per heavy atom. The van der Waals surface area contributed by atoms with Crippen LogP contribution in [0.1, 0.15) is 23.2 Å². The summed E-state index contributed by atoms with van der Waals surface area (Å²) in [6.45, 7) is 1.07. The van der Waals surface area contributed by atoms with Crippen molar-refractivity contribution in [3.8, 4) is 17.2 Å². The molecule has 25 heavy (non-hydrogen) atoms. The summed E-state index contributed by atoms with van der Waals surface area (Å²) in [5, 5.41) is 5.32. The first-order valence-corrected chi connectivity index (χ1v) is 8.05. The van der Waals surface area contributed by atoms with Gasteiger partial charge in [-0.05, 0) is 25.0 Å². The standard InChI is InChI=1S/C17H24N2O6/c1-22-13-7-11(8-14(23-2)16(13)24-3)17(21)19-10-15(20)18-9-12-5-4-6-25-12/h7-8,12H,4-6,9-10H2,1-3H3,(H,18,20)(H,19,21)/t12-/m1/s1. The second-order valence-corrected chi connectivity index (χ2v) is 5.54. The molecule has 1 saturated heterocycles. The molecular weight excluding hydrogens is 328 g/mol. The Hall–Kier alpha value is -2.48. The van der Waals surface area contributed by atoms with Crippen molar-refractivity contribution in [3.05, 3.63) is 17.7 Å². The zero-order valence-corrected chi connectivity index (χ0v) is 14.7. The molecule has 8 nitrogen and oxygen atoms in total. The first kappa shape index (κ1) is 18.9. The van der Waals surface area contributed by atoms with Gasteiger partial charge in [0.1, 0.15) is 0 Å². The van der Waals surface area contributed by atoms with Crippen LogP contribution in [0.25, 0.3) is 0 Å². The Morgan fingerprint density at radius 1 is 1.12 bits per heavy atom. The second-order valence-electron chi connectivity index (χ2n) is 5.54. The van der Waals surface area contributed by atoms with Crippen LogP contribution in [0.15, 0.2) is 12.1 Å². The Labute approximate surface area is 146 Å². The molecule has 8 heteroatoms. The van der Waals surface area contributed by atoms with E-state index in [1.54, 1.807) is 0 Å². The molecule has 1 aliphatic rings. The molecule has 1 aromatic rings. The van der Waals surface area contributed by atoms with Gasteiger partial charge in [0, 0.05) is 18.7 Å². The number of nitrogens with one attached hydrogen (secondary N) is 2. The first-order valence-electron chi connectivity index (χ1n) is 8.05. The normalized spacial score (nSPS) is 16.2. The highest BCUT2D eigenvalue weighted by atomic mass is 16.5. The third-order valence-electron chi connectivity index (χ3n) is 3.89. The van der Waals surface area contributed by atoms with Crippen LogP contribution in [-0.4, -0.2) is 58.9 Å². The second kappa shape index (κ2) is 9.12. The maximum absolute atomic E-state index is 12.3. The molecule has 0 saturated carbocycles. The first-order chi connectivity index (χ1) is 12.1. The summed E-state index contributed by atoms with van der Waals surface area (Å²) < 4.78 is 21.1. The van der Waals surface area contributed by atoms with Gasteiger partial charge >= 0.3 is 0 Å². The average Bonchev–Trinajstić information content (AvgIpc) is 3.16. The van der Waals surface area contributed by atoms with Crippen molar-refractivity contribution < 1.29 is 28.5 Å². The van der Waals surface area contributed by atoms with E-state index in [2.05, 4.69) is 10.6 Å². The minimum absolute atomic E-state index is 0.0646. The summed E-state index contributed by atoms with van der Waals surface area (Å²) >= 11 is 0. The van der Waals surface area contributed by atoms with E-state index in [1.165, 1.54) is 33.5 Å². The summed E-state index contributed by atoms with van der Waals surface area (Å²) in [5.41, 5.74) is 0.307. The van der Waals surface area contributed by atoms with E-state index in [0.29, 0.717) is 29.4 Å². The van der Waals surface area contributed by atoms with E-state index >= 15 is 0 Å². The van der Waals surface area contributed by atoms with Crippen molar-refractivity contribution in [2.45, 2.75) is 18.9 Å². The van der Waals surface area contributed by atoms with Crippen molar-refractivity contribution >= 4 is 11.8 Å². The van der Waals surface area contributed by atoms with Crippen LogP contribution in [0.4, 0.5) is 0 Å². The fraction of sp³-hybridized carbons (Fsp3) is 0.529. The fourth-order valence-electron chi connectivity index (χ4n) is 2.57. The number of rotatable bonds is 8. The van der Waals surface area contributed by atoms with Gasteiger partial charge in [0.25, 0.3) is 5.91 Å². The molecule has 1 aromatic carbocycles. The number of carbonyl (C=O) groups is 2. The third-order valence-corrected chi connectivity index (χ3v) is 3.89. The molecule has 2 amide bonds. The lowest BCUT2D eigenvalue weighted by molar-refractivity contribution is -0.120. The highest BCUT2D eigenvalue weighted by Gasteiger charge is 2.18. The highest BCUT2D eigenvalue weighted by Crippen LogP contribution is 2.38. The molecule has 1 atom stereocenters. The van der Waals surface area contributed by atoms with Gasteiger partial charge in [0.2, 0.25) is 11.7 Å². The summed E-state index contributed by atoms with van der Waals surface area (Å²) in [7, 11) is 4.42. The molecule has 2 rings (SSSR count). The molecule has 0 aromatic heterocycles. The lowest BCUT2D eigenvalue weighted by Gasteiger charge is -2.14. The minimum atomic E-state index is -0.411. The zero-order valence-electron chi connectivity index (χ0n) is 14.7. The number of ether oxygens (including phenoxy) is 4. The average molecular weight is 352 g/mol. The van der Waals surface area contributed by atoms with Gasteiger partial charge < -0.3 is 29.6 Å². The molecule has 1 heterocycles. The molecule has 0 radical (unpaired) electrons. The van der Waals surface area contributed by atoms with Crippen molar-refractivity contribution in [2.75, 3.05) is 41.0 Å². The smallest absolute Gasteiger partial charge is 0.251 e. The van der Waals surface area contributed by atoms with E-state index in [0.717, 1.165) is 19.4 Å². The van der Waals surface area contributed by atoms with Gasteiger partial charge in [0.15, 0.2) is 11.5 Å². The molecule has 0 unspecified atom stereocenters. The number of methoxy groups -OCH3 is 3. The lowest BCUT2D eigenvalue weighted by atomic mass is 10.1. The van der Waals surface area contributed by atoms with Crippen LogP contribution in [0.3, 0.4) is 0 Å². The van der Waals surface area contributed by atoms with E-state index in [1.807, 2.05) is 0 Å². The van der Waals surface area contributed by atoms with Gasteiger partial charge in [-0.2, -0.15) is 0 Å². The number of carbonyl (C=O) groups excluding carboxylic acids is 2. The van der Waals surface area contributed by atoms with Crippen molar-refractivity contribution in [1.29, 1.82) is 0 Å². The van der Waals surface area contributed by atoms with E-state index < -0.39 is 5.91 Å². The van der Waals surface area contributed by atoms with Crippen molar-refractivity contribution in [3.63, 3.8) is 0 Å². The molecular formula is C17H24N2O6. The predicted molar refractivity (Wildman–Crippen MR) is 90.4 cm³/mol. The summed E-state index contributed by atoms with van der Waals surface area (Å²) in [4.78, 5) is 24.1. The van der Waals surface area contributed by atoms with Crippen molar-refractivity contribution in [1.82, 2.24) is 10.6 Å². The molecule has 2 N–H and O–H groups in total. The predicted octanol–water partition coefficient (Wildman–Crippen LogP) is 0.737. The quantitative estimate of drug-likeness (QED) is 0.716. The maximum atomic E-state index is 12.3. The summed E-state index contributed by atoms with van der Waals surface area (Å²) in [6.07, 6.45) is 2.02. The van der Waals surface area contributed by atoms with E-state index in [-0.39, 0.29) is 18.6 Å². The molecule has 1 fully saturated rings. The minimum Gasteiger partial charge on any atom is -0.493 e. The van der Waals surface area contributed by atoms with Gasteiger partial charge in [-0.1, -0.05) is 0 Å². The van der Waals surface area contributed by atoms with Crippen molar-refractivity contribution in [2.24, 2.45) is 0 Å². The van der Waals surface area contributed by atoms with Gasteiger partial charge in [-0.15, -0.1) is 0 Å². The van der Waals surface area contributed by atoms with Gasteiger partial charge in [-0.25, -0.2) is 0 Å². The SMILES string of the molecule is COc1cc(C(=O)NCC(=O)NC[C@H]2CCCO2)cc(OC)c1OC. The largest absolute Gasteiger partial charge is 0.493 e. The maximum Gasteiger partial charge on any atom is 0.251 e. The van der Waals surface area contributed by atoms with Crippen LogP contribution >= 0.6 is 0 Å². The van der Waals surface area contributed by atoms with Gasteiger partial charge in [-0.3, -0.25) is 9.59 Å². The number of hydrogen-bond donors (Lipinski definition) is 2. The van der Waals surface area contributed by atoms with Crippen LogP contribution in [0.5, 0.6) is 17.2 Å². The topological polar surface area (TPSA) is 95.1 Å². The Balaban J connectivity index is 1.92. The third kappa shape index (κ3) is 4.99. The summed E-state index contributed by atoms with van der Waals surface area (Å²) in [5.74, 6) is 0.461. The lowest BCUT2D eigenvalue weighted by Crippen LogP contribution is -2.39. The summed E-state index contributed by atoms with van der Waals surface area (Å²) in [6, 6.07) is 3.06. The van der Waals surface area contributed by atoms with Crippen LogP contribution < -0.4 is 24.8 Å². The number of hydrogen-bond acceptors (Lipinski definition) is 6. The Kier molecular flexibility index (Phi) is 6.88. The van der Waals surface area contributed by atoms with Crippen LogP contribution in [0, 0.1) is 0 Å². The van der Waals surface area contributed by atoms with E-state index in [9.17, 15) is 9.59 Å². The zero-order chi connectivity index (χ0) is 18.2. The molecule has 0 bridgehead atoms. The number of benzene rings is 1. The molecule has 1 aliphatic heterocycles. The fourth-order valence-corrected chi connectivity index (χ4v) is 2.57.